The van der Waals surface area contributed by atoms with E-state index in [2.05, 4.69) is 4.72 Å². The van der Waals surface area contributed by atoms with Gasteiger partial charge in [-0.3, -0.25) is 4.79 Å². The number of fused-ring (bicyclic) bond motifs is 1. The smallest absolute Gasteiger partial charge is 0.258 e. The van der Waals surface area contributed by atoms with E-state index in [9.17, 15) is 13.2 Å². The summed E-state index contributed by atoms with van der Waals surface area (Å²) >= 11 is 0. The van der Waals surface area contributed by atoms with Gasteiger partial charge in [-0.1, -0.05) is 48.5 Å². The third-order valence-corrected chi connectivity index (χ3v) is 7.16. The average molecular weight is 451 g/mol. The number of ether oxygens (including phenoxy) is 1. The topological polar surface area (TPSA) is 75.7 Å². The van der Waals surface area contributed by atoms with Gasteiger partial charge in [0.05, 0.1) is 7.11 Å². The number of carbonyl (C=O) groups is 1. The maximum Gasteiger partial charge on any atom is 0.258 e. The molecule has 0 bridgehead atoms. The number of anilines is 1. The summed E-state index contributed by atoms with van der Waals surface area (Å²) in [6, 6.07) is 22.0. The SMILES string of the molecule is COc1ccc(C(=O)N2c3ccccc3CC2C)cc1S(=O)(=O)NCCc1ccccc1. The maximum atomic E-state index is 13.4. The summed E-state index contributed by atoms with van der Waals surface area (Å²) in [5.41, 5.74) is 3.31. The summed E-state index contributed by atoms with van der Waals surface area (Å²) in [5, 5.41) is 0. The number of carbonyl (C=O) groups excluding carboxylic acids is 1. The summed E-state index contributed by atoms with van der Waals surface area (Å²) in [4.78, 5) is 15.1. The molecule has 0 aliphatic carbocycles. The molecular weight excluding hydrogens is 424 g/mol. The standard InChI is InChI=1S/C25H26N2O4S/c1-18-16-20-10-6-7-11-22(20)27(18)25(28)21-12-13-23(31-2)24(17-21)32(29,30)26-15-14-19-8-4-3-5-9-19/h3-13,17-18,26H,14-16H2,1-2H3. The second kappa shape index (κ2) is 9.14. The van der Waals surface area contributed by atoms with Crippen molar-refractivity contribution < 1.29 is 17.9 Å². The zero-order valence-electron chi connectivity index (χ0n) is 18.1. The minimum Gasteiger partial charge on any atom is -0.495 e. The first kappa shape index (κ1) is 22.0. The third-order valence-electron chi connectivity index (χ3n) is 5.67. The van der Waals surface area contributed by atoms with E-state index in [1.54, 1.807) is 11.0 Å². The van der Waals surface area contributed by atoms with E-state index in [0.717, 1.165) is 23.2 Å². The van der Waals surface area contributed by atoms with Crippen molar-refractivity contribution in [1.29, 1.82) is 0 Å². The molecule has 0 spiro atoms. The quantitative estimate of drug-likeness (QED) is 0.594. The van der Waals surface area contributed by atoms with Crippen LogP contribution in [0.1, 0.15) is 28.4 Å². The summed E-state index contributed by atoms with van der Waals surface area (Å²) in [6.45, 7) is 2.23. The molecule has 1 atom stereocenters. The zero-order valence-corrected chi connectivity index (χ0v) is 18.9. The van der Waals surface area contributed by atoms with E-state index in [4.69, 9.17) is 4.74 Å². The molecule has 1 aliphatic heterocycles. The second-order valence-corrected chi connectivity index (χ2v) is 9.59. The molecule has 1 unspecified atom stereocenters. The minimum atomic E-state index is -3.87. The van der Waals surface area contributed by atoms with Crippen molar-refractivity contribution in [2.45, 2.75) is 30.7 Å². The number of hydrogen-bond acceptors (Lipinski definition) is 4. The number of nitrogens with zero attached hydrogens (tertiary/aromatic N) is 1. The maximum absolute atomic E-state index is 13.4. The Balaban J connectivity index is 1.59. The molecule has 0 saturated carbocycles. The highest BCUT2D eigenvalue weighted by Crippen LogP contribution is 2.34. The van der Waals surface area contributed by atoms with E-state index >= 15 is 0 Å². The highest BCUT2D eigenvalue weighted by Gasteiger charge is 2.32. The molecule has 0 radical (unpaired) electrons. The largest absolute Gasteiger partial charge is 0.495 e. The number of para-hydroxylation sites is 1. The van der Waals surface area contributed by atoms with E-state index in [1.807, 2.05) is 61.5 Å². The highest BCUT2D eigenvalue weighted by atomic mass is 32.2. The lowest BCUT2D eigenvalue weighted by Gasteiger charge is -2.23. The summed E-state index contributed by atoms with van der Waals surface area (Å²) in [7, 11) is -2.46. The highest BCUT2D eigenvalue weighted by molar-refractivity contribution is 7.89. The Morgan fingerprint density at radius 3 is 2.53 bits per heavy atom. The van der Waals surface area contributed by atoms with Crippen LogP contribution in [0.4, 0.5) is 5.69 Å². The van der Waals surface area contributed by atoms with Gasteiger partial charge in [-0.15, -0.1) is 0 Å². The van der Waals surface area contributed by atoms with Crippen LogP contribution in [-0.2, 0) is 22.9 Å². The van der Waals surface area contributed by atoms with Gasteiger partial charge in [0.15, 0.2) is 0 Å². The fraction of sp³-hybridized carbons (Fsp3) is 0.240. The minimum absolute atomic E-state index is 0.00828. The molecule has 3 aromatic carbocycles. The Hall–Kier alpha value is -3.16. The lowest BCUT2D eigenvalue weighted by Crippen LogP contribution is -2.36. The number of methoxy groups -OCH3 is 1. The normalized spacial score (nSPS) is 15.4. The average Bonchev–Trinajstić information content (AvgIpc) is 3.14. The molecule has 0 saturated heterocycles. The van der Waals surface area contributed by atoms with Crippen LogP contribution in [0.15, 0.2) is 77.7 Å². The first-order valence-corrected chi connectivity index (χ1v) is 12.0. The van der Waals surface area contributed by atoms with Crippen LogP contribution in [0.25, 0.3) is 0 Å². The van der Waals surface area contributed by atoms with Gasteiger partial charge in [0.1, 0.15) is 10.6 Å². The van der Waals surface area contributed by atoms with Gasteiger partial charge in [-0.25, -0.2) is 13.1 Å². The summed E-state index contributed by atoms with van der Waals surface area (Å²) in [5.74, 6) is -0.0329. The van der Waals surface area contributed by atoms with Crippen LogP contribution in [0.3, 0.4) is 0 Å². The van der Waals surface area contributed by atoms with E-state index in [1.165, 1.54) is 19.2 Å². The van der Waals surface area contributed by atoms with Crippen LogP contribution >= 0.6 is 0 Å². The van der Waals surface area contributed by atoms with E-state index in [0.29, 0.717) is 12.0 Å². The van der Waals surface area contributed by atoms with Gasteiger partial charge < -0.3 is 9.64 Å². The van der Waals surface area contributed by atoms with Gasteiger partial charge >= 0.3 is 0 Å². The van der Waals surface area contributed by atoms with Gasteiger partial charge in [0, 0.05) is 23.8 Å². The van der Waals surface area contributed by atoms with Gasteiger partial charge in [-0.05, 0) is 55.2 Å². The van der Waals surface area contributed by atoms with Crippen molar-refractivity contribution in [3.63, 3.8) is 0 Å². The molecular formula is C25H26N2O4S. The molecule has 1 N–H and O–H groups in total. The molecule has 166 valence electrons. The zero-order chi connectivity index (χ0) is 22.7. The molecule has 32 heavy (non-hydrogen) atoms. The van der Waals surface area contributed by atoms with Crippen LogP contribution < -0.4 is 14.4 Å². The Bertz CT molecular complexity index is 1230. The molecule has 0 fully saturated rings. The van der Waals surface area contributed by atoms with Crippen LogP contribution in [0.2, 0.25) is 0 Å². The van der Waals surface area contributed by atoms with E-state index < -0.39 is 10.0 Å². The predicted octanol–water partition coefficient (Wildman–Crippen LogP) is 3.81. The molecule has 7 heteroatoms. The van der Waals surface area contributed by atoms with Crippen molar-refractivity contribution in [2.75, 3.05) is 18.6 Å². The second-order valence-electron chi connectivity index (χ2n) is 7.86. The number of benzene rings is 3. The molecule has 6 nitrogen and oxygen atoms in total. The number of sulfonamides is 1. The third kappa shape index (κ3) is 4.40. The number of nitrogens with one attached hydrogen (secondary N) is 1. The molecule has 1 amide bonds. The number of rotatable bonds is 7. The lowest BCUT2D eigenvalue weighted by molar-refractivity contribution is 0.0981. The molecule has 1 heterocycles. The van der Waals surface area contributed by atoms with Crippen LogP contribution in [0.5, 0.6) is 5.75 Å². The fourth-order valence-corrected chi connectivity index (χ4v) is 5.31. The Labute approximate surface area is 188 Å². The van der Waals surface area contributed by atoms with Crippen LogP contribution in [0, 0.1) is 0 Å². The predicted molar refractivity (Wildman–Crippen MR) is 125 cm³/mol. The van der Waals surface area contributed by atoms with Crippen molar-refractivity contribution >= 4 is 21.6 Å². The van der Waals surface area contributed by atoms with Crippen molar-refractivity contribution in [3.05, 3.63) is 89.5 Å². The first-order valence-electron chi connectivity index (χ1n) is 10.5. The van der Waals surface area contributed by atoms with Crippen LogP contribution in [-0.4, -0.2) is 34.0 Å². The fourth-order valence-electron chi connectivity index (χ4n) is 4.09. The summed E-state index contributed by atoms with van der Waals surface area (Å²) < 4.78 is 34.0. The molecule has 1 aliphatic rings. The molecule has 3 aromatic rings. The van der Waals surface area contributed by atoms with Crippen molar-refractivity contribution in [2.24, 2.45) is 0 Å². The van der Waals surface area contributed by atoms with Gasteiger partial charge in [0.25, 0.3) is 5.91 Å². The number of amides is 1. The summed E-state index contributed by atoms with van der Waals surface area (Å²) in [6.07, 6.45) is 1.33. The monoisotopic (exact) mass is 450 g/mol. The Morgan fingerprint density at radius 2 is 1.78 bits per heavy atom. The number of hydrogen-bond donors (Lipinski definition) is 1. The van der Waals surface area contributed by atoms with E-state index in [-0.39, 0.29) is 29.1 Å². The lowest BCUT2D eigenvalue weighted by atomic mass is 10.1. The first-order chi connectivity index (χ1) is 15.4. The van der Waals surface area contributed by atoms with Gasteiger partial charge in [0.2, 0.25) is 10.0 Å². The molecule has 0 aromatic heterocycles. The van der Waals surface area contributed by atoms with Crippen molar-refractivity contribution in [1.82, 2.24) is 4.72 Å². The van der Waals surface area contributed by atoms with Gasteiger partial charge in [-0.2, -0.15) is 0 Å². The Morgan fingerprint density at radius 1 is 1.06 bits per heavy atom. The van der Waals surface area contributed by atoms with Crippen molar-refractivity contribution in [3.8, 4) is 5.75 Å². The molecule has 4 rings (SSSR count). The Kier molecular flexibility index (Phi) is 6.30.